The molecule has 58 heavy (non-hydrogen) atoms. The second-order valence-corrected chi connectivity index (χ2v) is 15.0. The van der Waals surface area contributed by atoms with Crippen LogP contribution in [0.25, 0.3) is 109 Å². The van der Waals surface area contributed by atoms with Crippen LogP contribution in [-0.4, -0.2) is 0 Å². The van der Waals surface area contributed by atoms with Gasteiger partial charge in [0.25, 0.3) is 0 Å². The summed E-state index contributed by atoms with van der Waals surface area (Å²) in [6.07, 6.45) is 0. The van der Waals surface area contributed by atoms with E-state index in [2.05, 4.69) is 182 Å². The highest BCUT2D eigenvalue weighted by atomic mass is 14.3. The maximum Gasteiger partial charge on any atom is 0.100 e. The molecule has 0 spiro atoms. The Kier molecular flexibility index (Phi) is 7.65. The van der Waals surface area contributed by atoms with Crippen LogP contribution in [0, 0.1) is 22.7 Å². The molecule has 0 saturated heterocycles. The molecule has 0 fully saturated rings. The summed E-state index contributed by atoms with van der Waals surface area (Å²) in [5.41, 5.74) is 9.48. The fourth-order valence-corrected chi connectivity index (χ4v) is 9.11. The van der Waals surface area contributed by atoms with Crippen molar-refractivity contribution in [3.63, 3.8) is 0 Å². The molecule has 266 valence electrons. The van der Waals surface area contributed by atoms with E-state index in [4.69, 9.17) is 0 Å². The second kappa shape index (κ2) is 13.3. The zero-order valence-electron chi connectivity index (χ0n) is 31.4. The number of fused-ring (bicyclic) bond motifs is 8. The molecular weight excluding hydrogens is 701 g/mol. The van der Waals surface area contributed by atoms with Crippen LogP contribution >= 0.6 is 0 Å². The zero-order chi connectivity index (χ0) is 38.7. The number of rotatable bonds is 4. The topological polar surface area (TPSA) is 47.6 Å². The Labute approximate surface area is 335 Å². The first-order valence-corrected chi connectivity index (χ1v) is 19.5. The van der Waals surface area contributed by atoms with E-state index in [-0.39, 0.29) is 0 Å². The smallest absolute Gasteiger partial charge is 0.100 e. The predicted molar refractivity (Wildman–Crippen MR) is 243 cm³/mol. The van der Waals surface area contributed by atoms with Gasteiger partial charge in [-0.15, -0.1) is 0 Å². The Balaban J connectivity index is 1.12. The summed E-state index contributed by atoms with van der Waals surface area (Å²) in [6.45, 7) is 0. The molecule has 2 heteroatoms. The van der Waals surface area contributed by atoms with Crippen LogP contribution in [0.5, 0.6) is 0 Å². The van der Waals surface area contributed by atoms with Crippen molar-refractivity contribution in [3.05, 3.63) is 205 Å². The van der Waals surface area contributed by atoms with Crippen molar-refractivity contribution in [2.24, 2.45) is 0 Å². The van der Waals surface area contributed by atoms with Crippen molar-refractivity contribution >= 4 is 64.6 Å². The maximum absolute atomic E-state index is 10.9. The molecule has 0 N–H and O–H groups in total. The lowest BCUT2D eigenvalue weighted by atomic mass is 9.85. The fraction of sp³-hybridized carbons (Fsp3) is 0. The van der Waals surface area contributed by atoms with Crippen molar-refractivity contribution in [2.75, 3.05) is 0 Å². The molecule has 11 rings (SSSR count). The van der Waals surface area contributed by atoms with E-state index >= 15 is 0 Å². The van der Waals surface area contributed by atoms with Gasteiger partial charge in [0.05, 0.1) is 11.1 Å². The highest BCUT2D eigenvalue weighted by molar-refractivity contribution is 6.19. The normalized spacial score (nSPS) is 11.4. The molecule has 0 radical (unpaired) electrons. The highest BCUT2D eigenvalue weighted by Gasteiger charge is 2.20. The van der Waals surface area contributed by atoms with E-state index in [0.29, 0.717) is 11.1 Å². The average molecular weight is 733 g/mol. The van der Waals surface area contributed by atoms with Crippen molar-refractivity contribution in [1.82, 2.24) is 0 Å². The van der Waals surface area contributed by atoms with E-state index in [1.54, 1.807) is 0 Å². The van der Waals surface area contributed by atoms with Gasteiger partial charge in [-0.2, -0.15) is 10.5 Å². The van der Waals surface area contributed by atoms with Crippen LogP contribution in [0.2, 0.25) is 0 Å². The van der Waals surface area contributed by atoms with Gasteiger partial charge in [0.1, 0.15) is 12.1 Å². The molecule has 0 saturated carbocycles. The Hall–Kier alpha value is -8.04. The van der Waals surface area contributed by atoms with E-state index in [9.17, 15) is 10.5 Å². The Morgan fingerprint density at radius 2 is 0.552 bits per heavy atom. The number of nitriles is 2. The van der Waals surface area contributed by atoms with Crippen molar-refractivity contribution < 1.29 is 0 Å². The van der Waals surface area contributed by atoms with Gasteiger partial charge < -0.3 is 0 Å². The van der Waals surface area contributed by atoms with Crippen molar-refractivity contribution in [3.8, 4) is 56.6 Å². The molecular formula is C56H32N2. The molecule has 2 nitrogen and oxygen atoms in total. The summed E-state index contributed by atoms with van der Waals surface area (Å²) < 4.78 is 0. The van der Waals surface area contributed by atoms with Gasteiger partial charge in [-0.1, -0.05) is 170 Å². The van der Waals surface area contributed by atoms with Crippen LogP contribution in [0.15, 0.2) is 194 Å². The summed E-state index contributed by atoms with van der Waals surface area (Å²) in [5, 5.41) is 34.7. The van der Waals surface area contributed by atoms with Crippen LogP contribution in [0.4, 0.5) is 0 Å². The molecule has 11 aromatic carbocycles. The lowest BCUT2D eigenvalue weighted by Gasteiger charge is -2.17. The predicted octanol–water partition coefficient (Wildman–Crippen LogP) is 15.0. The molecule has 0 aliphatic rings. The monoisotopic (exact) mass is 732 g/mol. The van der Waals surface area contributed by atoms with E-state index in [1.165, 1.54) is 21.5 Å². The van der Waals surface area contributed by atoms with Crippen LogP contribution in [0.3, 0.4) is 0 Å². The van der Waals surface area contributed by atoms with Crippen molar-refractivity contribution in [1.29, 1.82) is 10.5 Å². The first kappa shape index (κ1) is 33.3. The summed E-state index contributed by atoms with van der Waals surface area (Å²) >= 11 is 0. The molecule has 0 unspecified atom stereocenters. The summed E-state index contributed by atoms with van der Waals surface area (Å²) in [7, 11) is 0. The Morgan fingerprint density at radius 3 is 0.966 bits per heavy atom. The molecule has 11 aromatic rings. The minimum atomic E-state index is 0.653. The second-order valence-electron chi connectivity index (χ2n) is 15.0. The molecule has 0 heterocycles. The molecule has 0 aromatic heterocycles. The lowest BCUT2D eigenvalue weighted by molar-refractivity contribution is 1.50. The maximum atomic E-state index is 10.9. The SMILES string of the molecule is N#Cc1c(-c2ccc(-c3c(C#N)c4ccccc4c4ccc(-c5ccc6ccccc6c5)cc34)cc2)c2cc(-c3ccc4ccccc4c3)ccc2c2ccccc12. The summed E-state index contributed by atoms with van der Waals surface area (Å²) in [5.74, 6) is 0. The quantitative estimate of drug-likeness (QED) is 0.169. The number of hydrogen-bond acceptors (Lipinski definition) is 2. The lowest BCUT2D eigenvalue weighted by Crippen LogP contribution is -1.94. The first-order valence-electron chi connectivity index (χ1n) is 19.5. The third kappa shape index (κ3) is 5.25. The fourth-order valence-electron chi connectivity index (χ4n) is 9.11. The van der Waals surface area contributed by atoms with Crippen LogP contribution in [0.1, 0.15) is 11.1 Å². The third-order valence-corrected chi connectivity index (χ3v) is 11.9. The molecule has 0 aliphatic carbocycles. The minimum absolute atomic E-state index is 0.653. The Morgan fingerprint density at radius 1 is 0.241 bits per heavy atom. The van der Waals surface area contributed by atoms with Gasteiger partial charge in [-0.3, -0.25) is 0 Å². The van der Waals surface area contributed by atoms with Gasteiger partial charge in [-0.05, 0) is 112 Å². The van der Waals surface area contributed by atoms with E-state index in [1.807, 2.05) is 24.3 Å². The van der Waals surface area contributed by atoms with Gasteiger partial charge in [0.15, 0.2) is 0 Å². The van der Waals surface area contributed by atoms with Gasteiger partial charge >= 0.3 is 0 Å². The number of hydrogen-bond donors (Lipinski definition) is 0. The Bertz CT molecular complexity index is 3340. The molecule has 0 aliphatic heterocycles. The minimum Gasteiger partial charge on any atom is -0.192 e. The highest BCUT2D eigenvalue weighted by Crippen LogP contribution is 2.44. The van der Waals surface area contributed by atoms with Crippen LogP contribution < -0.4 is 0 Å². The number of benzene rings is 11. The van der Waals surface area contributed by atoms with Gasteiger partial charge in [0, 0.05) is 21.9 Å². The van der Waals surface area contributed by atoms with E-state index in [0.717, 1.165) is 87.6 Å². The third-order valence-electron chi connectivity index (χ3n) is 11.9. The molecule has 0 atom stereocenters. The average Bonchev–Trinajstić information content (AvgIpc) is 3.30. The summed E-state index contributed by atoms with van der Waals surface area (Å²) in [4.78, 5) is 0. The largest absolute Gasteiger partial charge is 0.192 e. The number of nitrogens with zero attached hydrogens (tertiary/aromatic N) is 2. The standard InChI is InChI=1S/C56H32N2/c57-33-53-47-15-7-5-13-45(47)49-27-25-43(41-23-17-35-9-1-3-11-39(35)29-41)31-51(49)55(53)37-19-21-38(22-20-37)56-52-32-44(42-24-18-36-10-2-4-12-40(36)30-42)26-28-50(52)46-14-6-8-16-48(46)54(56)34-58/h1-32H. The molecule has 0 bridgehead atoms. The summed E-state index contributed by atoms with van der Waals surface area (Å²) in [6, 6.07) is 73.4. The van der Waals surface area contributed by atoms with E-state index < -0.39 is 0 Å². The zero-order valence-corrected chi connectivity index (χ0v) is 31.4. The van der Waals surface area contributed by atoms with Gasteiger partial charge in [-0.25, -0.2) is 0 Å². The first-order chi connectivity index (χ1) is 28.7. The van der Waals surface area contributed by atoms with Crippen molar-refractivity contribution in [2.45, 2.75) is 0 Å². The van der Waals surface area contributed by atoms with Gasteiger partial charge in [0.2, 0.25) is 0 Å². The molecule has 0 amide bonds. The van der Waals surface area contributed by atoms with Crippen LogP contribution in [-0.2, 0) is 0 Å².